The van der Waals surface area contributed by atoms with Crippen LogP contribution in [0, 0.1) is 0 Å². The van der Waals surface area contributed by atoms with Crippen LogP contribution >= 0.6 is 0 Å². The van der Waals surface area contributed by atoms with E-state index >= 15 is 0 Å². The lowest BCUT2D eigenvalue weighted by atomic mass is 10.3. The van der Waals surface area contributed by atoms with Crippen molar-refractivity contribution >= 4 is 11.8 Å². The van der Waals surface area contributed by atoms with E-state index in [1.54, 1.807) is 21.0 Å². The molecule has 0 aliphatic heterocycles. The van der Waals surface area contributed by atoms with E-state index in [1.807, 2.05) is 0 Å². The molecule has 12 heavy (non-hydrogen) atoms. The summed E-state index contributed by atoms with van der Waals surface area (Å²) in [4.78, 5) is 23.2. The molecule has 0 bridgehead atoms. The van der Waals surface area contributed by atoms with Gasteiger partial charge in [-0.1, -0.05) is 0 Å². The van der Waals surface area contributed by atoms with Gasteiger partial charge in [0.05, 0.1) is 12.6 Å². The second-order valence-corrected chi connectivity index (χ2v) is 2.79. The number of nitrogens with zero attached hydrogens (tertiary/aromatic N) is 1. The Morgan fingerprint density at radius 3 is 2.33 bits per heavy atom. The third-order valence-electron chi connectivity index (χ3n) is 1.33. The van der Waals surface area contributed by atoms with Gasteiger partial charge in [-0.15, -0.1) is 0 Å². The van der Waals surface area contributed by atoms with Crippen molar-refractivity contribution in [1.29, 1.82) is 0 Å². The maximum Gasteiger partial charge on any atom is 0.241 e. The van der Waals surface area contributed by atoms with Crippen molar-refractivity contribution in [3.8, 4) is 0 Å². The molecule has 1 atom stereocenters. The molecular formula is C7H15N3O2. The van der Waals surface area contributed by atoms with Crippen LogP contribution in [0.4, 0.5) is 0 Å². The van der Waals surface area contributed by atoms with Crippen LogP contribution in [0.15, 0.2) is 0 Å². The molecule has 0 saturated carbocycles. The Labute approximate surface area is 71.9 Å². The Morgan fingerprint density at radius 2 is 2.00 bits per heavy atom. The minimum absolute atomic E-state index is 0.00731. The summed E-state index contributed by atoms with van der Waals surface area (Å²) in [6, 6.07) is -0.569. The van der Waals surface area contributed by atoms with Gasteiger partial charge in [-0.25, -0.2) is 0 Å². The highest BCUT2D eigenvalue weighted by atomic mass is 16.2. The summed E-state index contributed by atoms with van der Waals surface area (Å²) in [6.45, 7) is 1.57. The number of nitrogens with one attached hydrogen (secondary N) is 1. The maximum absolute atomic E-state index is 10.9. The normalized spacial score (nSPS) is 12.0. The van der Waals surface area contributed by atoms with E-state index in [-0.39, 0.29) is 18.4 Å². The molecule has 0 radical (unpaired) electrons. The molecule has 0 aliphatic rings. The largest absolute Gasteiger partial charge is 0.347 e. The zero-order valence-electron chi connectivity index (χ0n) is 7.63. The van der Waals surface area contributed by atoms with E-state index < -0.39 is 6.04 Å². The first kappa shape index (κ1) is 10.9. The van der Waals surface area contributed by atoms with Gasteiger partial charge in [0.15, 0.2) is 0 Å². The molecule has 0 rings (SSSR count). The SMILES string of the molecule is C[C@@H](N)C(=O)NCC(=O)N(C)C. The van der Waals surface area contributed by atoms with Crippen LogP contribution in [0.2, 0.25) is 0 Å². The molecule has 0 heterocycles. The van der Waals surface area contributed by atoms with E-state index in [1.165, 1.54) is 4.90 Å². The zero-order chi connectivity index (χ0) is 9.72. The molecule has 0 spiro atoms. The highest BCUT2D eigenvalue weighted by Gasteiger charge is 2.09. The lowest BCUT2D eigenvalue weighted by Gasteiger charge is -2.11. The first-order valence-corrected chi connectivity index (χ1v) is 3.68. The predicted molar refractivity (Wildman–Crippen MR) is 45.4 cm³/mol. The third kappa shape index (κ3) is 3.92. The molecule has 5 nitrogen and oxygen atoms in total. The van der Waals surface area contributed by atoms with Crippen molar-refractivity contribution in [3.05, 3.63) is 0 Å². The number of carbonyl (C=O) groups is 2. The predicted octanol–water partition coefficient (Wildman–Crippen LogP) is -1.46. The van der Waals surface area contributed by atoms with Gasteiger partial charge in [0, 0.05) is 14.1 Å². The van der Waals surface area contributed by atoms with Crippen LogP contribution in [-0.2, 0) is 9.59 Å². The van der Waals surface area contributed by atoms with E-state index in [2.05, 4.69) is 5.32 Å². The lowest BCUT2D eigenvalue weighted by molar-refractivity contribution is -0.131. The maximum atomic E-state index is 10.9. The molecule has 0 aromatic carbocycles. The molecule has 2 amide bonds. The van der Waals surface area contributed by atoms with Crippen LogP contribution in [0.25, 0.3) is 0 Å². The molecule has 0 aromatic rings. The van der Waals surface area contributed by atoms with Gasteiger partial charge in [-0.2, -0.15) is 0 Å². The van der Waals surface area contributed by atoms with Crippen molar-refractivity contribution in [2.45, 2.75) is 13.0 Å². The molecule has 5 heteroatoms. The van der Waals surface area contributed by atoms with E-state index in [0.29, 0.717) is 0 Å². The standard InChI is InChI=1S/C7H15N3O2/c1-5(8)7(12)9-4-6(11)10(2)3/h5H,4,8H2,1-3H3,(H,9,12)/t5-/m1/s1. The number of likely N-dealkylation sites (N-methyl/N-ethyl adjacent to an activating group) is 1. The highest BCUT2D eigenvalue weighted by molar-refractivity contribution is 5.86. The Morgan fingerprint density at radius 1 is 1.50 bits per heavy atom. The molecule has 0 aliphatic carbocycles. The number of nitrogens with two attached hydrogens (primary N) is 1. The minimum Gasteiger partial charge on any atom is -0.347 e. The van der Waals surface area contributed by atoms with E-state index in [0.717, 1.165) is 0 Å². The van der Waals surface area contributed by atoms with Gasteiger partial charge in [-0.05, 0) is 6.92 Å². The molecule has 0 aromatic heterocycles. The monoisotopic (exact) mass is 173 g/mol. The molecule has 0 unspecified atom stereocenters. The second-order valence-electron chi connectivity index (χ2n) is 2.79. The summed E-state index contributed by atoms with van der Waals surface area (Å²) < 4.78 is 0. The average Bonchev–Trinajstić information content (AvgIpc) is 1.98. The Hall–Kier alpha value is -1.10. The van der Waals surface area contributed by atoms with Crippen LogP contribution in [0.1, 0.15) is 6.92 Å². The molecule has 3 N–H and O–H groups in total. The van der Waals surface area contributed by atoms with Crippen molar-refractivity contribution in [2.24, 2.45) is 5.73 Å². The van der Waals surface area contributed by atoms with Crippen LogP contribution in [0.3, 0.4) is 0 Å². The molecule has 70 valence electrons. The van der Waals surface area contributed by atoms with Crippen molar-refractivity contribution in [2.75, 3.05) is 20.6 Å². The first-order chi connectivity index (χ1) is 5.45. The van der Waals surface area contributed by atoms with Crippen molar-refractivity contribution < 1.29 is 9.59 Å². The van der Waals surface area contributed by atoms with Gasteiger partial charge in [-0.3, -0.25) is 9.59 Å². The number of hydrogen-bond acceptors (Lipinski definition) is 3. The highest BCUT2D eigenvalue weighted by Crippen LogP contribution is 1.78. The van der Waals surface area contributed by atoms with Crippen LogP contribution in [-0.4, -0.2) is 43.4 Å². The van der Waals surface area contributed by atoms with Gasteiger partial charge >= 0.3 is 0 Å². The summed E-state index contributed by atoms with van der Waals surface area (Å²) in [7, 11) is 3.25. The van der Waals surface area contributed by atoms with Crippen LogP contribution < -0.4 is 11.1 Å². The first-order valence-electron chi connectivity index (χ1n) is 3.68. The van der Waals surface area contributed by atoms with E-state index in [9.17, 15) is 9.59 Å². The second kappa shape index (κ2) is 4.71. The third-order valence-corrected chi connectivity index (χ3v) is 1.33. The smallest absolute Gasteiger partial charge is 0.241 e. The fourth-order valence-electron chi connectivity index (χ4n) is 0.482. The number of amides is 2. The Kier molecular flexibility index (Phi) is 4.28. The number of hydrogen-bond donors (Lipinski definition) is 2. The van der Waals surface area contributed by atoms with Gasteiger partial charge in [0.2, 0.25) is 11.8 Å². The van der Waals surface area contributed by atoms with Crippen molar-refractivity contribution in [1.82, 2.24) is 10.2 Å². The van der Waals surface area contributed by atoms with Gasteiger partial charge < -0.3 is 16.0 Å². The summed E-state index contributed by atoms with van der Waals surface area (Å²) >= 11 is 0. The minimum atomic E-state index is -0.569. The number of rotatable bonds is 3. The molecule has 0 saturated heterocycles. The lowest BCUT2D eigenvalue weighted by Crippen LogP contribution is -2.43. The van der Waals surface area contributed by atoms with Gasteiger partial charge in [0.25, 0.3) is 0 Å². The Balaban J connectivity index is 3.69. The Bertz CT molecular complexity index is 157. The fourth-order valence-corrected chi connectivity index (χ4v) is 0.482. The summed E-state index contributed by atoms with van der Waals surface area (Å²) in [5, 5.41) is 2.41. The van der Waals surface area contributed by atoms with Crippen LogP contribution in [0.5, 0.6) is 0 Å². The quantitative estimate of drug-likeness (QED) is 0.547. The van der Waals surface area contributed by atoms with Crippen molar-refractivity contribution in [3.63, 3.8) is 0 Å². The zero-order valence-corrected chi connectivity index (χ0v) is 7.63. The molecule has 0 fully saturated rings. The summed E-state index contributed by atoms with van der Waals surface area (Å²) in [6.07, 6.45) is 0. The number of carbonyl (C=O) groups excluding carboxylic acids is 2. The summed E-state index contributed by atoms with van der Waals surface area (Å²) in [5.41, 5.74) is 5.26. The average molecular weight is 173 g/mol. The summed E-state index contributed by atoms with van der Waals surface area (Å²) in [5.74, 6) is -0.464. The van der Waals surface area contributed by atoms with E-state index in [4.69, 9.17) is 5.73 Å². The molecular weight excluding hydrogens is 158 g/mol. The fraction of sp³-hybridized carbons (Fsp3) is 0.714. The topological polar surface area (TPSA) is 75.4 Å². The van der Waals surface area contributed by atoms with Gasteiger partial charge in [0.1, 0.15) is 0 Å².